The van der Waals surface area contributed by atoms with Gasteiger partial charge in [-0.05, 0) is 29.7 Å². The van der Waals surface area contributed by atoms with Crippen LogP contribution in [0, 0.1) is 6.92 Å². The Kier molecular flexibility index (Phi) is 5.29. The summed E-state index contributed by atoms with van der Waals surface area (Å²) in [5.41, 5.74) is 4.15. The normalized spacial score (nSPS) is 16.8. The predicted molar refractivity (Wildman–Crippen MR) is 95.9 cm³/mol. The van der Waals surface area contributed by atoms with Crippen molar-refractivity contribution in [2.75, 3.05) is 26.2 Å². The molecule has 1 heterocycles. The van der Waals surface area contributed by atoms with E-state index < -0.39 is 0 Å². The minimum absolute atomic E-state index is 1.06. The molecule has 0 saturated carbocycles. The molecular formula is C19H23BrN2. The van der Waals surface area contributed by atoms with Gasteiger partial charge in [-0.25, -0.2) is 0 Å². The van der Waals surface area contributed by atoms with Gasteiger partial charge in [0.25, 0.3) is 0 Å². The summed E-state index contributed by atoms with van der Waals surface area (Å²) in [5, 5.41) is 0. The summed E-state index contributed by atoms with van der Waals surface area (Å²) in [4.78, 5) is 5.11. The molecule has 0 radical (unpaired) electrons. The number of hydrogen-bond donors (Lipinski definition) is 0. The Morgan fingerprint density at radius 1 is 0.818 bits per heavy atom. The van der Waals surface area contributed by atoms with E-state index in [1.807, 2.05) is 0 Å². The van der Waals surface area contributed by atoms with Gasteiger partial charge in [-0.1, -0.05) is 58.4 Å². The van der Waals surface area contributed by atoms with Gasteiger partial charge in [0.05, 0.1) is 0 Å². The summed E-state index contributed by atoms with van der Waals surface area (Å²) in [6.45, 7) is 8.92. The van der Waals surface area contributed by atoms with Crippen molar-refractivity contribution in [3.63, 3.8) is 0 Å². The van der Waals surface area contributed by atoms with Crippen molar-refractivity contribution in [2.45, 2.75) is 20.0 Å². The molecule has 2 nitrogen and oxygen atoms in total. The standard InChI is InChI=1S/C19H23BrN2/c1-16-13-18(7-8-19(16)20)15-22-11-9-21(10-12-22)14-17-5-3-2-4-6-17/h2-8,13H,9-12,14-15H2,1H3. The summed E-state index contributed by atoms with van der Waals surface area (Å²) < 4.78 is 1.20. The minimum atomic E-state index is 1.06. The van der Waals surface area contributed by atoms with Gasteiger partial charge < -0.3 is 0 Å². The molecule has 2 aromatic rings. The van der Waals surface area contributed by atoms with Crippen LogP contribution in [0.1, 0.15) is 16.7 Å². The van der Waals surface area contributed by atoms with Crippen molar-refractivity contribution in [2.24, 2.45) is 0 Å². The predicted octanol–water partition coefficient (Wildman–Crippen LogP) is 4.08. The lowest BCUT2D eigenvalue weighted by molar-refractivity contribution is 0.122. The first-order valence-electron chi connectivity index (χ1n) is 7.94. The number of aryl methyl sites for hydroxylation is 1. The summed E-state index contributed by atoms with van der Waals surface area (Å²) in [5.74, 6) is 0. The maximum Gasteiger partial charge on any atom is 0.0234 e. The SMILES string of the molecule is Cc1cc(CN2CCN(Cc3ccccc3)CC2)ccc1Br. The Hall–Kier alpha value is -1.16. The van der Waals surface area contributed by atoms with Crippen LogP contribution >= 0.6 is 15.9 Å². The first-order valence-corrected chi connectivity index (χ1v) is 8.74. The Morgan fingerprint density at radius 2 is 1.41 bits per heavy atom. The van der Waals surface area contributed by atoms with Crippen LogP contribution < -0.4 is 0 Å². The molecule has 3 rings (SSSR count). The molecule has 1 fully saturated rings. The van der Waals surface area contributed by atoms with Crippen molar-refractivity contribution in [3.8, 4) is 0 Å². The molecule has 116 valence electrons. The monoisotopic (exact) mass is 358 g/mol. The van der Waals surface area contributed by atoms with E-state index in [9.17, 15) is 0 Å². The number of rotatable bonds is 4. The molecule has 1 aliphatic heterocycles. The van der Waals surface area contributed by atoms with Crippen molar-refractivity contribution < 1.29 is 0 Å². The molecule has 2 aromatic carbocycles. The lowest BCUT2D eigenvalue weighted by Crippen LogP contribution is -2.45. The van der Waals surface area contributed by atoms with Gasteiger partial charge >= 0.3 is 0 Å². The number of halogens is 1. The van der Waals surface area contributed by atoms with Crippen molar-refractivity contribution in [3.05, 3.63) is 69.7 Å². The van der Waals surface area contributed by atoms with Crippen LogP contribution in [0.15, 0.2) is 53.0 Å². The van der Waals surface area contributed by atoms with Crippen molar-refractivity contribution >= 4 is 15.9 Å². The third-order valence-corrected chi connectivity index (χ3v) is 5.23. The lowest BCUT2D eigenvalue weighted by atomic mass is 10.1. The molecule has 22 heavy (non-hydrogen) atoms. The minimum Gasteiger partial charge on any atom is -0.297 e. The van der Waals surface area contributed by atoms with Gasteiger partial charge in [-0.2, -0.15) is 0 Å². The second-order valence-electron chi connectivity index (χ2n) is 6.12. The van der Waals surface area contributed by atoms with Crippen LogP contribution in [-0.4, -0.2) is 36.0 Å². The third-order valence-electron chi connectivity index (χ3n) is 4.34. The zero-order chi connectivity index (χ0) is 15.4. The van der Waals surface area contributed by atoms with E-state index in [0.29, 0.717) is 0 Å². The van der Waals surface area contributed by atoms with Crippen LogP contribution in [0.25, 0.3) is 0 Å². The Bertz CT molecular complexity index is 604. The van der Waals surface area contributed by atoms with Crippen molar-refractivity contribution in [1.29, 1.82) is 0 Å². The van der Waals surface area contributed by atoms with E-state index in [2.05, 4.69) is 81.2 Å². The molecule has 0 amide bonds. The Balaban J connectivity index is 1.50. The zero-order valence-electron chi connectivity index (χ0n) is 13.1. The lowest BCUT2D eigenvalue weighted by Gasteiger charge is -2.34. The quantitative estimate of drug-likeness (QED) is 0.812. The number of benzene rings is 2. The molecule has 3 heteroatoms. The van der Waals surface area contributed by atoms with Crippen LogP contribution in [0.4, 0.5) is 0 Å². The maximum absolute atomic E-state index is 3.57. The first kappa shape index (κ1) is 15.7. The summed E-state index contributed by atoms with van der Waals surface area (Å²) in [6.07, 6.45) is 0. The highest BCUT2D eigenvalue weighted by molar-refractivity contribution is 9.10. The molecule has 0 atom stereocenters. The largest absolute Gasteiger partial charge is 0.297 e. The van der Waals surface area contributed by atoms with E-state index in [1.165, 1.54) is 21.2 Å². The smallest absolute Gasteiger partial charge is 0.0234 e. The number of piperazine rings is 1. The highest BCUT2D eigenvalue weighted by Gasteiger charge is 2.17. The van der Waals surface area contributed by atoms with Crippen LogP contribution in [0.5, 0.6) is 0 Å². The molecule has 1 aliphatic rings. The Morgan fingerprint density at radius 3 is 2.00 bits per heavy atom. The van der Waals surface area contributed by atoms with Crippen LogP contribution in [-0.2, 0) is 13.1 Å². The molecule has 0 spiro atoms. The topological polar surface area (TPSA) is 6.48 Å². The van der Waals surface area contributed by atoms with Crippen LogP contribution in [0.2, 0.25) is 0 Å². The average Bonchev–Trinajstić information content (AvgIpc) is 2.54. The van der Waals surface area contributed by atoms with E-state index in [4.69, 9.17) is 0 Å². The molecule has 0 aliphatic carbocycles. The van der Waals surface area contributed by atoms with Crippen molar-refractivity contribution in [1.82, 2.24) is 9.80 Å². The molecule has 0 aromatic heterocycles. The van der Waals surface area contributed by atoms with Gasteiger partial charge in [0.15, 0.2) is 0 Å². The number of nitrogens with zero attached hydrogens (tertiary/aromatic N) is 2. The summed E-state index contributed by atoms with van der Waals surface area (Å²) in [7, 11) is 0. The molecule has 0 bridgehead atoms. The highest BCUT2D eigenvalue weighted by atomic mass is 79.9. The fourth-order valence-electron chi connectivity index (χ4n) is 3.01. The summed E-state index contributed by atoms with van der Waals surface area (Å²) in [6, 6.07) is 17.5. The zero-order valence-corrected chi connectivity index (χ0v) is 14.7. The van der Waals surface area contributed by atoms with Gasteiger partial charge in [0.1, 0.15) is 0 Å². The van der Waals surface area contributed by atoms with Crippen LogP contribution in [0.3, 0.4) is 0 Å². The second-order valence-corrected chi connectivity index (χ2v) is 6.98. The van der Waals surface area contributed by atoms with E-state index in [-0.39, 0.29) is 0 Å². The first-order chi connectivity index (χ1) is 10.7. The van der Waals surface area contributed by atoms with Gasteiger partial charge in [0.2, 0.25) is 0 Å². The van der Waals surface area contributed by atoms with E-state index in [0.717, 1.165) is 39.3 Å². The number of hydrogen-bond acceptors (Lipinski definition) is 2. The molecule has 0 N–H and O–H groups in total. The average molecular weight is 359 g/mol. The fraction of sp³-hybridized carbons (Fsp3) is 0.368. The second kappa shape index (κ2) is 7.40. The van der Waals surface area contributed by atoms with Gasteiger partial charge in [-0.15, -0.1) is 0 Å². The summed E-state index contributed by atoms with van der Waals surface area (Å²) >= 11 is 3.57. The van der Waals surface area contributed by atoms with E-state index >= 15 is 0 Å². The van der Waals surface area contributed by atoms with E-state index in [1.54, 1.807) is 0 Å². The maximum atomic E-state index is 3.57. The fourth-order valence-corrected chi connectivity index (χ4v) is 3.26. The third kappa shape index (κ3) is 4.19. The van der Waals surface area contributed by atoms with Gasteiger partial charge in [0, 0.05) is 43.7 Å². The molecular weight excluding hydrogens is 336 g/mol. The molecule has 0 unspecified atom stereocenters. The van der Waals surface area contributed by atoms with Gasteiger partial charge in [-0.3, -0.25) is 9.80 Å². The Labute approximate surface area is 141 Å². The molecule has 1 saturated heterocycles. The highest BCUT2D eigenvalue weighted by Crippen LogP contribution is 2.19.